The monoisotopic (exact) mass is 331 g/mol. The Bertz CT molecular complexity index is 1030. The van der Waals surface area contributed by atoms with Gasteiger partial charge in [-0.1, -0.05) is 53.2 Å². The van der Waals surface area contributed by atoms with Gasteiger partial charge in [0.25, 0.3) is 0 Å². The first kappa shape index (κ1) is 15.2. The van der Waals surface area contributed by atoms with Crippen LogP contribution in [0.15, 0.2) is 65.4 Å². The Hall–Kier alpha value is -3.34. The van der Waals surface area contributed by atoms with Crippen LogP contribution in [-0.4, -0.2) is 16.0 Å². The van der Waals surface area contributed by atoms with E-state index in [1.807, 2.05) is 61.7 Å². The van der Waals surface area contributed by atoms with E-state index in [0.717, 1.165) is 27.6 Å². The van der Waals surface area contributed by atoms with E-state index in [0.29, 0.717) is 5.88 Å². The highest BCUT2D eigenvalue weighted by Crippen LogP contribution is 2.28. The van der Waals surface area contributed by atoms with Gasteiger partial charge in [0.05, 0.1) is 18.2 Å². The highest BCUT2D eigenvalue weighted by atomic mass is 16.5. The highest BCUT2D eigenvalue weighted by molar-refractivity contribution is 5.97. The van der Waals surface area contributed by atoms with Crippen molar-refractivity contribution in [2.45, 2.75) is 13.3 Å². The van der Waals surface area contributed by atoms with Crippen molar-refractivity contribution in [1.82, 2.24) is 10.1 Å². The van der Waals surface area contributed by atoms with Crippen molar-refractivity contribution in [2.75, 3.05) is 5.32 Å². The normalized spacial score (nSPS) is 10.9. The summed E-state index contributed by atoms with van der Waals surface area (Å²) in [6.45, 7) is 2.03. The summed E-state index contributed by atoms with van der Waals surface area (Å²) in [5, 5.41) is 7.70. The van der Waals surface area contributed by atoms with E-state index < -0.39 is 0 Å². The van der Waals surface area contributed by atoms with Gasteiger partial charge in [0, 0.05) is 17.1 Å². The second kappa shape index (κ2) is 6.28. The molecule has 0 bridgehead atoms. The van der Waals surface area contributed by atoms with Crippen LogP contribution < -0.4 is 5.32 Å². The smallest absolute Gasteiger partial charge is 0.239 e. The first-order valence-corrected chi connectivity index (χ1v) is 8.07. The molecule has 0 spiro atoms. The number of anilines is 1. The van der Waals surface area contributed by atoms with Crippen LogP contribution in [0.4, 0.5) is 5.88 Å². The van der Waals surface area contributed by atoms with Gasteiger partial charge in [-0.3, -0.25) is 10.1 Å². The van der Waals surface area contributed by atoms with E-state index in [1.54, 1.807) is 6.20 Å². The van der Waals surface area contributed by atoms with E-state index in [4.69, 9.17) is 4.52 Å². The van der Waals surface area contributed by atoms with Gasteiger partial charge in [-0.2, -0.15) is 0 Å². The van der Waals surface area contributed by atoms with Crippen molar-refractivity contribution in [3.05, 3.63) is 72.1 Å². The molecule has 0 radical (unpaired) electrons. The molecule has 0 saturated heterocycles. The summed E-state index contributed by atoms with van der Waals surface area (Å²) in [5.41, 5.74) is 4.86. The number of carbonyl (C=O) groups is 1. The van der Waals surface area contributed by atoms with Crippen LogP contribution in [0, 0.1) is 6.92 Å². The van der Waals surface area contributed by atoms with Crippen LogP contribution in [-0.2, 0) is 11.2 Å². The molecule has 4 rings (SSSR count). The number of carbonyl (C=O) groups excluding carboxylic acids is 1. The Morgan fingerprint density at radius 2 is 1.96 bits per heavy atom. The maximum atomic E-state index is 12.4. The first-order chi connectivity index (χ1) is 12.2. The number of aromatic amines is 1. The third-order valence-electron chi connectivity index (χ3n) is 4.21. The molecule has 4 aromatic rings. The molecule has 2 N–H and O–H groups in total. The van der Waals surface area contributed by atoms with Crippen LogP contribution in [0.5, 0.6) is 0 Å². The number of H-pyrrole nitrogens is 1. The molecule has 0 saturated carbocycles. The summed E-state index contributed by atoms with van der Waals surface area (Å²) in [4.78, 5) is 15.6. The number of rotatable bonds is 4. The molecule has 0 fully saturated rings. The number of nitrogens with zero attached hydrogens (tertiary/aromatic N) is 1. The molecule has 124 valence electrons. The lowest BCUT2D eigenvalue weighted by atomic mass is 10.1. The fourth-order valence-electron chi connectivity index (χ4n) is 2.89. The summed E-state index contributed by atoms with van der Waals surface area (Å²) >= 11 is 0. The lowest BCUT2D eigenvalue weighted by Gasteiger charge is -2.04. The molecule has 1 amide bonds. The minimum atomic E-state index is -0.144. The maximum absolute atomic E-state index is 12.4. The van der Waals surface area contributed by atoms with Gasteiger partial charge >= 0.3 is 0 Å². The number of benzene rings is 2. The number of amides is 1. The van der Waals surface area contributed by atoms with E-state index in [2.05, 4.69) is 15.5 Å². The van der Waals surface area contributed by atoms with Gasteiger partial charge in [-0.15, -0.1) is 0 Å². The van der Waals surface area contributed by atoms with Crippen molar-refractivity contribution in [3.63, 3.8) is 0 Å². The zero-order valence-corrected chi connectivity index (χ0v) is 13.7. The molecular formula is C20H17N3O2. The van der Waals surface area contributed by atoms with Gasteiger partial charge in [0.15, 0.2) is 0 Å². The summed E-state index contributed by atoms with van der Waals surface area (Å²) < 4.78 is 5.24. The molecule has 5 nitrogen and oxygen atoms in total. The molecule has 2 heterocycles. The summed E-state index contributed by atoms with van der Waals surface area (Å²) in [7, 11) is 0. The lowest BCUT2D eigenvalue weighted by molar-refractivity contribution is -0.115. The predicted molar refractivity (Wildman–Crippen MR) is 97.3 cm³/mol. The van der Waals surface area contributed by atoms with Crippen molar-refractivity contribution >= 4 is 22.7 Å². The Labute approximate surface area is 144 Å². The van der Waals surface area contributed by atoms with Crippen molar-refractivity contribution < 1.29 is 9.32 Å². The van der Waals surface area contributed by atoms with E-state index in [-0.39, 0.29) is 12.3 Å². The number of nitrogens with one attached hydrogen (secondary N) is 2. The first-order valence-electron chi connectivity index (χ1n) is 8.07. The number of hydrogen-bond donors (Lipinski definition) is 2. The Morgan fingerprint density at radius 3 is 2.80 bits per heavy atom. The summed E-state index contributed by atoms with van der Waals surface area (Å²) in [5.74, 6) is 0.226. The van der Waals surface area contributed by atoms with Crippen LogP contribution in [0.2, 0.25) is 0 Å². The van der Waals surface area contributed by atoms with E-state index in [1.165, 1.54) is 5.56 Å². The predicted octanol–water partition coefficient (Wildman–Crippen LogP) is 4.31. The van der Waals surface area contributed by atoms with Crippen LogP contribution >= 0.6 is 0 Å². The minimum absolute atomic E-state index is 0.144. The highest BCUT2D eigenvalue weighted by Gasteiger charge is 2.15. The second-order valence-corrected chi connectivity index (χ2v) is 6.02. The van der Waals surface area contributed by atoms with Gasteiger partial charge in [-0.05, 0) is 24.1 Å². The number of fused-ring (bicyclic) bond motifs is 1. The Balaban J connectivity index is 1.54. The van der Waals surface area contributed by atoms with Gasteiger partial charge < -0.3 is 9.51 Å². The molecule has 2 aromatic heterocycles. The van der Waals surface area contributed by atoms with Crippen LogP contribution in [0.25, 0.3) is 22.0 Å². The van der Waals surface area contributed by atoms with Crippen molar-refractivity contribution in [1.29, 1.82) is 0 Å². The average molecular weight is 331 g/mol. The Kier molecular flexibility index (Phi) is 3.82. The third-order valence-corrected chi connectivity index (χ3v) is 4.21. The number of aromatic nitrogens is 2. The van der Waals surface area contributed by atoms with Gasteiger partial charge in [0.1, 0.15) is 0 Å². The molecule has 0 aliphatic carbocycles. The van der Waals surface area contributed by atoms with E-state index in [9.17, 15) is 4.79 Å². The minimum Gasteiger partial charge on any atom is -0.361 e. The zero-order valence-electron chi connectivity index (χ0n) is 13.7. The SMILES string of the molecule is Cc1ccc(-c2cnoc2NC(=O)Cc2c[nH]c3ccccc23)cc1. The fraction of sp³-hybridized carbons (Fsp3) is 0.100. The number of hydrogen-bond acceptors (Lipinski definition) is 3. The molecule has 0 unspecified atom stereocenters. The number of para-hydroxylation sites is 1. The fourth-order valence-corrected chi connectivity index (χ4v) is 2.89. The largest absolute Gasteiger partial charge is 0.361 e. The summed E-state index contributed by atoms with van der Waals surface area (Å²) in [6.07, 6.45) is 3.75. The van der Waals surface area contributed by atoms with Crippen LogP contribution in [0.1, 0.15) is 11.1 Å². The quantitative estimate of drug-likeness (QED) is 0.585. The van der Waals surface area contributed by atoms with Crippen molar-refractivity contribution in [3.8, 4) is 11.1 Å². The van der Waals surface area contributed by atoms with Gasteiger partial charge in [0.2, 0.25) is 11.8 Å². The topological polar surface area (TPSA) is 70.9 Å². The molecule has 0 atom stereocenters. The standard InChI is InChI=1S/C20H17N3O2/c1-13-6-8-14(9-7-13)17-12-22-25-20(17)23-19(24)10-15-11-21-18-5-3-2-4-16(15)18/h2-9,11-12,21H,10H2,1H3,(H,23,24). The van der Waals surface area contributed by atoms with Crippen molar-refractivity contribution in [2.24, 2.45) is 0 Å². The molecule has 0 aliphatic heterocycles. The van der Waals surface area contributed by atoms with E-state index >= 15 is 0 Å². The summed E-state index contributed by atoms with van der Waals surface area (Å²) in [6, 6.07) is 15.9. The average Bonchev–Trinajstić information content (AvgIpc) is 3.23. The lowest BCUT2D eigenvalue weighted by Crippen LogP contribution is -2.14. The molecular weight excluding hydrogens is 314 g/mol. The second-order valence-electron chi connectivity index (χ2n) is 6.02. The van der Waals surface area contributed by atoms with Gasteiger partial charge in [-0.25, -0.2) is 0 Å². The molecule has 5 heteroatoms. The third kappa shape index (κ3) is 3.04. The zero-order chi connectivity index (χ0) is 17.2. The molecule has 0 aliphatic rings. The molecule has 2 aromatic carbocycles. The molecule has 25 heavy (non-hydrogen) atoms. The van der Waals surface area contributed by atoms with Crippen LogP contribution in [0.3, 0.4) is 0 Å². The maximum Gasteiger partial charge on any atom is 0.239 e. The Morgan fingerprint density at radius 1 is 1.16 bits per heavy atom. The number of aryl methyl sites for hydroxylation is 1.